The molecule has 238 valence electrons. The third-order valence-corrected chi connectivity index (χ3v) is 8.93. The van der Waals surface area contributed by atoms with E-state index in [0.717, 1.165) is 77.3 Å². The SMILES string of the molecule is CCCCCCCN(C)C(=O)[C@H]1CCCC[C@H]1C(=O)O.CCCCCCCN(C)C(=O)[C@H]1CCCC[C@H]1C(=O)OC. The second kappa shape index (κ2) is 21.6. The van der Waals surface area contributed by atoms with E-state index in [1.54, 1.807) is 4.90 Å². The highest BCUT2D eigenvalue weighted by molar-refractivity contribution is 5.85. The molecule has 1 N–H and O–H groups in total. The third kappa shape index (κ3) is 13.6. The summed E-state index contributed by atoms with van der Waals surface area (Å²) in [5.74, 6) is -2.05. The molecular formula is C33H60N2O6. The molecule has 4 atom stereocenters. The molecule has 8 nitrogen and oxygen atoms in total. The van der Waals surface area contributed by atoms with Gasteiger partial charge in [0, 0.05) is 27.2 Å². The zero-order valence-corrected chi connectivity index (χ0v) is 26.8. The van der Waals surface area contributed by atoms with Crippen LogP contribution in [0.15, 0.2) is 0 Å². The number of esters is 1. The number of hydrogen-bond donors (Lipinski definition) is 1. The van der Waals surface area contributed by atoms with Crippen LogP contribution in [-0.4, -0.2) is 73.0 Å². The van der Waals surface area contributed by atoms with E-state index in [4.69, 9.17) is 4.74 Å². The Morgan fingerprint density at radius 1 is 0.610 bits per heavy atom. The van der Waals surface area contributed by atoms with Crippen molar-refractivity contribution in [2.75, 3.05) is 34.3 Å². The molecule has 2 rings (SSSR count). The van der Waals surface area contributed by atoms with Crippen LogP contribution in [-0.2, 0) is 23.9 Å². The average molecular weight is 581 g/mol. The number of rotatable bonds is 16. The maximum atomic E-state index is 12.6. The zero-order chi connectivity index (χ0) is 30.6. The number of carboxylic acids is 1. The Hall–Kier alpha value is -2.12. The lowest BCUT2D eigenvalue weighted by molar-refractivity contribution is -0.154. The first-order valence-corrected chi connectivity index (χ1v) is 16.5. The smallest absolute Gasteiger partial charge is 0.309 e. The van der Waals surface area contributed by atoms with Gasteiger partial charge in [-0.3, -0.25) is 19.2 Å². The number of aliphatic carboxylic acids is 1. The lowest BCUT2D eigenvalue weighted by Gasteiger charge is -2.31. The maximum absolute atomic E-state index is 12.6. The highest BCUT2D eigenvalue weighted by atomic mass is 16.5. The van der Waals surface area contributed by atoms with Crippen LogP contribution in [0.3, 0.4) is 0 Å². The number of ether oxygens (including phenoxy) is 1. The Balaban J connectivity index is 0.000000410. The summed E-state index contributed by atoms with van der Waals surface area (Å²) in [6, 6.07) is 0. The van der Waals surface area contributed by atoms with Crippen molar-refractivity contribution in [3.8, 4) is 0 Å². The van der Waals surface area contributed by atoms with Crippen molar-refractivity contribution in [1.29, 1.82) is 0 Å². The summed E-state index contributed by atoms with van der Waals surface area (Å²) in [5.41, 5.74) is 0. The van der Waals surface area contributed by atoms with Gasteiger partial charge in [0.1, 0.15) is 0 Å². The summed E-state index contributed by atoms with van der Waals surface area (Å²) in [6.45, 7) is 5.94. The van der Waals surface area contributed by atoms with E-state index < -0.39 is 11.9 Å². The van der Waals surface area contributed by atoms with Crippen molar-refractivity contribution >= 4 is 23.8 Å². The molecule has 0 aliphatic heterocycles. The predicted molar refractivity (Wildman–Crippen MR) is 163 cm³/mol. The molecule has 0 spiro atoms. The number of carbonyl (C=O) groups excluding carboxylic acids is 3. The Labute approximate surface area is 249 Å². The molecule has 0 aromatic carbocycles. The maximum Gasteiger partial charge on any atom is 0.309 e. The standard InChI is InChI=1S/C17H31NO3.C16H29NO3/c1-4-5-6-7-10-13-18(2)16(19)14-11-8-9-12-15(14)17(20)21-3;1-3-4-5-6-9-12-17(2)15(18)13-10-7-8-11-14(13)16(19)20/h14-15H,4-13H2,1-3H3;13-14H,3-12H2,1-2H3,(H,19,20)/t14-,15+;13-,14+/m00/s1. The molecular weight excluding hydrogens is 520 g/mol. The molecule has 0 aromatic rings. The van der Waals surface area contributed by atoms with Crippen LogP contribution in [0.4, 0.5) is 0 Å². The zero-order valence-electron chi connectivity index (χ0n) is 26.8. The Kier molecular flexibility index (Phi) is 19.4. The number of nitrogens with zero attached hydrogens (tertiary/aromatic N) is 2. The van der Waals surface area contributed by atoms with E-state index in [-0.39, 0.29) is 35.5 Å². The monoisotopic (exact) mass is 580 g/mol. The van der Waals surface area contributed by atoms with Gasteiger partial charge in [-0.2, -0.15) is 0 Å². The van der Waals surface area contributed by atoms with Crippen LogP contribution in [0.25, 0.3) is 0 Å². The number of amides is 2. The van der Waals surface area contributed by atoms with E-state index in [2.05, 4.69) is 13.8 Å². The molecule has 0 radical (unpaired) electrons. The van der Waals surface area contributed by atoms with Crippen LogP contribution >= 0.6 is 0 Å². The quantitative estimate of drug-likeness (QED) is 0.161. The minimum atomic E-state index is -0.806. The fourth-order valence-electron chi connectivity index (χ4n) is 6.27. The molecule has 41 heavy (non-hydrogen) atoms. The van der Waals surface area contributed by atoms with Crippen LogP contribution in [0.5, 0.6) is 0 Å². The number of hydrogen-bond acceptors (Lipinski definition) is 5. The second-order valence-electron chi connectivity index (χ2n) is 12.2. The summed E-state index contributed by atoms with van der Waals surface area (Å²) in [7, 11) is 5.09. The minimum Gasteiger partial charge on any atom is -0.481 e. The van der Waals surface area contributed by atoms with Crippen molar-refractivity contribution in [2.24, 2.45) is 23.7 Å². The lowest BCUT2D eigenvalue weighted by Crippen LogP contribution is -2.41. The largest absolute Gasteiger partial charge is 0.481 e. The molecule has 0 bridgehead atoms. The van der Waals surface area contributed by atoms with Crippen molar-refractivity contribution in [3.63, 3.8) is 0 Å². The van der Waals surface area contributed by atoms with Gasteiger partial charge in [0.05, 0.1) is 30.8 Å². The fourth-order valence-corrected chi connectivity index (χ4v) is 6.27. The van der Waals surface area contributed by atoms with Gasteiger partial charge in [-0.05, 0) is 38.5 Å². The first-order chi connectivity index (χ1) is 19.7. The van der Waals surface area contributed by atoms with E-state index in [1.165, 1.54) is 52.1 Å². The van der Waals surface area contributed by atoms with Crippen molar-refractivity contribution in [1.82, 2.24) is 9.80 Å². The molecule has 2 saturated carbocycles. The summed E-state index contributed by atoms with van der Waals surface area (Å²) < 4.78 is 4.87. The summed E-state index contributed by atoms with van der Waals surface area (Å²) in [4.78, 5) is 51.6. The van der Waals surface area contributed by atoms with Gasteiger partial charge in [-0.15, -0.1) is 0 Å². The molecule has 8 heteroatoms. The van der Waals surface area contributed by atoms with Gasteiger partial charge in [-0.1, -0.05) is 90.9 Å². The Bertz CT molecular complexity index is 773. The van der Waals surface area contributed by atoms with Crippen LogP contribution < -0.4 is 0 Å². The fraction of sp³-hybridized carbons (Fsp3) is 0.879. The molecule has 2 amide bonds. The van der Waals surface area contributed by atoms with E-state index >= 15 is 0 Å². The topological polar surface area (TPSA) is 104 Å². The molecule has 2 aliphatic rings. The lowest BCUT2D eigenvalue weighted by atomic mass is 9.78. The summed E-state index contributed by atoms with van der Waals surface area (Å²) in [6.07, 6.45) is 18.8. The number of methoxy groups -OCH3 is 1. The van der Waals surface area contributed by atoms with Gasteiger partial charge >= 0.3 is 11.9 Å². The van der Waals surface area contributed by atoms with Gasteiger partial charge in [0.15, 0.2) is 0 Å². The first kappa shape index (κ1) is 36.9. The van der Waals surface area contributed by atoms with Crippen molar-refractivity contribution < 1.29 is 29.0 Å². The Morgan fingerprint density at radius 2 is 0.976 bits per heavy atom. The molecule has 0 heterocycles. The minimum absolute atomic E-state index is 0.0348. The number of carbonyl (C=O) groups is 4. The molecule has 0 saturated heterocycles. The summed E-state index contributed by atoms with van der Waals surface area (Å²) >= 11 is 0. The van der Waals surface area contributed by atoms with E-state index in [9.17, 15) is 24.3 Å². The highest BCUT2D eigenvalue weighted by Gasteiger charge is 2.38. The average Bonchev–Trinajstić information content (AvgIpc) is 2.99. The van der Waals surface area contributed by atoms with E-state index in [1.807, 2.05) is 19.0 Å². The number of unbranched alkanes of at least 4 members (excludes halogenated alkanes) is 8. The predicted octanol–water partition coefficient (Wildman–Crippen LogP) is 6.70. The normalized spacial score (nSPS) is 22.2. The van der Waals surface area contributed by atoms with Crippen LogP contribution in [0, 0.1) is 23.7 Å². The number of carboxylic acid groups (broad SMARTS) is 1. The molecule has 2 aliphatic carbocycles. The van der Waals surface area contributed by atoms with Crippen LogP contribution in [0.2, 0.25) is 0 Å². The van der Waals surface area contributed by atoms with Gasteiger partial charge < -0.3 is 19.6 Å². The van der Waals surface area contributed by atoms with E-state index in [0.29, 0.717) is 6.42 Å². The summed E-state index contributed by atoms with van der Waals surface area (Å²) in [5, 5.41) is 9.24. The van der Waals surface area contributed by atoms with Crippen molar-refractivity contribution in [2.45, 2.75) is 129 Å². The van der Waals surface area contributed by atoms with Gasteiger partial charge in [0.25, 0.3) is 0 Å². The van der Waals surface area contributed by atoms with Crippen molar-refractivity contribution in [3.05, 3.63) is 0 Å². The molecule has 0 unspecified atom stereocenters. The Morgan fingerprint density at radius 3 is 1.37 bits per heavy atom. The van der Waals surface area contributed by atoms with Gasteiger partial charge in [0.2, 0.25) is 11.8 Å². The highest BCUT2D eigenvalue weighted by Crippen LogP contribution is 2.33. The first-order valence-electron chi connectivity index (χ1n) is 16.5. The second-order valence-corrected chi connectivity index (χ2v) is 12.2. The third-order valence-electron chi connectivity index (χ3n) is 8.93. The van der Waals surface area contributed by atoms with Gasteiger partial charge in [-0.25, -0.2) is 0 Å². The molecule has 0 aromatic heterocycles. The molecule has 2 fully saturated rings. The van der Waals surface area contributed by atoms with Crippen LogP contribution in [0.1, 0.15) is 129 Å².